The van der Waals surface area contributed by atoms with Gasteiger partial charge in [0, 0.05) is 24.3 Å². The maximum Gasteiger partial charge on any atom is 0.103 e. The van der Waals surface area contributed by atoms with E-state index >= 15 is 0 Å². The molecule has 2 heterocycles. The maximum absolute atomic E-state index is 5.40. The number of hydrogen-bond donors (Lipinski definition) is 1. The molecule has 2 aromatic rings. The van der Waals surface area contributed by atoms with Gasteiger partial charge >= 0.3 is 0 Å². The van der Waals surface area contributed by atoms with Crippen molar-refractivity contribution in [2.45, 2.75) is 45.6 Å². The minimum atomic E-state index is 0.478. The summed E-state index contributed by atoms with van der Waals surface area (Å²) in [7, 11) is 0. The Labute approximate surface area is 119 Å². The third kappa shape index (κ3) is 4.80. The van der Waals surface area contributed by atoms with Crippen LogP contribution in [0.3, 0.4) is 0 Å². The van der Waals surface area contributed by atoms with Crippen LogP contribution in [0.2, 0.25) is 0 Å². The summed E-state index contributed by atoms with van der Waals surface area (Å²) >= 11 is 1.73. The molecule has 0 aromatic carbocycles. The first kappa shape index (κ1) is 14.3. The molecule has 1 atom stereocenters. The van der Waals surface area contributed by atoms with E-state index in [0.29, 0.717) is 6.04 Å². The van der Waals surface area contributed by atoms with Gasteiger partial charge in [-0.25, -0.2) is 4.98 Å². The van der Waals surface area contributed by atoms with Crippen molar-refractivity contribution >= 4 is 11.3 Å². The Hall–Kier alpha value is -1.13. The minimum Gasteiger partial charge on any atom is -0.469 e. The molecule has 104 valence electrons. The number of aromatic nitrogens is 1. The summed E-state index contributed by atoms with van der Waals surface area (Å²) in [5.41, 5.74) is 1.20. The predicted molar refractivity (Wildman–Crippen MR) is 79.7 cm³/mol. The Morgan fingerprint density at radius 1 is 1.47 bits per heavy atom. The molecule has 0 aliphatic carbocycles. The highest BCUT2D eigenvalue weighted by atomic mass is 32.1. The van der Waals surface area contributed by atoms with E-state index in [1.165, 1.54) is 5.69 Å². The number of hydrogen-bond acceptors (Lipinski definition) is 4. The predicted octanol–water partition coefficient (Wildman–Crippen LogP) is 3.59. The molecule has 0 saturated carbocycles. The molecule has 0 bridgehead atoms. The lowest BCUT2D eigenvalue weighted by molar-refractivity contribution is 0.439. The van der Waals surface area contributed by atoms with Crippen molar-refractivity contribution in [2.24, 2.45) is 0 Å². The molecule has 1 unspecified atom stereocenters. The van der Waals surface area contributed by atoms with Crippen LogP contribution in [0.4, 0.5) is 0 Å². The van der Waals surface area contributed by atoms with Gasteiger partial charge < -0.3 is 9.73 Å². The maximum atomic E-state index is 5.40. The Morgan fingerprint density at radius 3 is 3.00 bits per heavy atom. The number of nitrogens with zero attached hydrogens (tertiary/aromatic N) is 1. The van der Waals surface area contributed by atoms with Crippen LogP contribution in [-0.4, -0.2) is 17.6 Å². The molecule has 2 aromatic heterocycles. The van der Waals surface area contributed by atoms with Gasteiger partial charge in [-0.1, -0.05) is 6.92 Å². The molecule has 0 fully saturated rings. The molecule has 0 aliphatic rings. The fourth-order valence-electron chi connectivity index (χ4n) is 2.15. The van der Waals surface area contributed by atoms with Gasteiger partial charge in [0.2, 0.25) is 0 Å². The van der Waals surface area contributed by atoms with Crippen LogP contribution in [0.15, 0.2) is 28.2 Å². The van der Waals surface area contributed by atoms with E-state index in [2.05, 4.69) is 29.5 Å². The largest absolute Gasteiger partial charge is 0.469 e. The third-order valence-corrected chi connectivity index (χ3v) is 3.95. The normalized spacial score (nSPS) is 12.7. The zero-order valence-electron chi connectivity index (χ0n) is 11.7. The lowest BCUT2D eigenvalue weighted by Gasteiger charge is -2.16. The summed E-state index contributed by atoms with van der Waals surface area (Å²) in [6.45, 7) is 5.32. The van der Waals surface area contributed by atoms with Gasteiger partial charge in [-0.2, -0.15) is 0 Å². The second-order valence-corrected chi connectivity index (χ2v) is 5.89. The van der Waals surface area contributed by atoms with Crippen molar-refractivity contribution in [3.8, 4) is 0 Å². The number of furan rings is 1. The quantitative estimate of drug-likeness (QED) is 0.802. The molecule has 0 saturated heterocycles. The molecule has 2 rings (SSSR count). The first-order chi connectivity index (χ1) is 9.28. The molecular formula is C15H22N2OS. The summed E-state index contributed by atoms with van der Waals surface area (Å²) < 4.78 is 5.40. The second-order valence-electron chi connectivity index (χ2n) is 4.83. The van der Waals surface area contributed by atoms with Crippen LogP contribution in [0.25, 0.3) is 0 Å². The van der Waals surface area contributed by atoms with Crippen molar-refractivity contribution in [3.63, 3.8) is 0 Å². The van der Waals surface area contributed by atoms with Crippen LogP contribution in [-0.2, 0) is 12.8 Å². The van der Waals surface area contributed by atoms with Crippen LogP contribution in [0.5, 0.6) is 0 Å². The third-order valence-electron chi connectivity index (χ3n) is 3.12. The Balaban J connectivity index is 1.87. The van der Waals surface area contributed by atoms with Crippen LogP contribution >= 0.6 is 11.3 Å². The monoisotopic (exact) mass is 278 g/mol. The average Bonchev–Trinajstić information content (AvgIpc) is 3.04. The highest BCUT2D eigenvalue weighted by molar-refractivity contribution is 7.09. The van der Waals surface area contributed by atoms with E-state index in [9.17, 15) is 0 Å². The van der Waals surface area contributed by atoms with Gasteiger partial charge in [0.05, 0.1) is 17.0 Å². The van der Waals surface area contributed by atoms with Gasteiger partial charge in [0.15, 0.2) is 0 Å². The van der Waals surface area contributed by atoms with Crippen molar-refractivity contribution in [3.05, 3.63) is 40.2 Å². The summed E-state index contributed by atoms with van der Waals surface area (Å²) in [6, 6.07) is 4.48. The van der Waals surface area contributed by atoms with Gasteiger partial charge in [0.25, 0.3) is 0 Å². The number of nitrogens with one attached hydrogen (secondary N) is 1. The molecular weight excluding hydrogens is 256 g/mol. The van der Waals surface area contributed by atoms with Crippen molar-refractivity contribution in [1.29, 1.82) is 0 Å². The van der Waals surface area contributed by atoms with Gasteiger partial charge in [-0.3, -0.25) is 0 Å². The van der Waals surface area contributed by atoms with Crippen LogP contribution in [0, 0.1) is 6.92 Å². The lowest BCUT2D eigenvalue weighted by atomic mass is 10.1. The minimum absolute atomic E-state index is 0.478. The SMILES string of the molecule is CCCNC(CCc1ccco1)Cc1csc(C)n1. The van der Waals surface area contributed by atoms with Crippen LogP contribution in [0.1, 0.15) is 36.2 Å². The number of rotatable bonds is 8. The topological polar surface area (TPSA) is 38.1 Å². The van der Waals surface area contributed by atoms with E-state index in [1.54, 1.807) is 17.6 Å². The smallest absolute Gasteiger partial charge is 0.103 e. The second kappa shape index (κ2) is 7.46. The Morgan fingerprint density at radius 2 is 2.37 bits per heavy atom. The first-order valence-corrected chi connectivity index (χ1v) is 7.82. The summed E-state index contributed by atoms with van der Waals surface area (Å²) in [4.78, 5) is 4.56. The summed E-state index contributed by atoms with van der Waals surface area (Å²) in [5.74, 6) is 1.07. The first-order valence-electron chi connectivity index (χ1n) is 6.94. The van der Waals surface area contributed by atoms with E-state index in [4.69, 9.17) is 4.42 Å². The van der Waals surface area contributed by atoms with Crippen molar-refractivity contribution in [2.75, 3.05) is 6.54 Å². The van der Waals surface area contributed by atoms with Crippen LogP contribution < -0.4 is 5.32 Å². The molecule has 4 heteroatoms. The van der Waals surface area contributed by atoms with Crippen molar-refractivity contribution in [1.82, 2.24) is 10.3 Å². The summed E-state index contributed by atoms with van der Waals surface area (Å²) in [5, 5.41) is 6.93. The molecule has 1 N–H and O–H groups in total. The van der Waals surface area contributed by atoms with Gasteiger partial charge in [-0.05, 0) is 38.4 Å². The molecule has 3 nitrogen and oxygen atoms in total. The summed E-state index contributed by atoms with van der Waals surface area (Å²) in [6.07, 6.45) is 5.98. The molecule has 0 amide bonds. The van der Waals surface area contributed by atoms with E-state index in [1.807, 2.05) is 12.1 Å². The molecule has 0 aliphatic heterocycles. The van der Waals surface area contributed by atoms with E-state index in [-0.39, 0.29) is 0 Å². The zero-order chi connectivity index (χ0) is 13.5. The number of thiazole rings is 1. The van der Waals surface area contributed by atoms with E-state index in [0.717, 1.165) is 43.0 Å². The average molecular weight is 278 g/mol. The highest BCUT2D eigenvalue weighted by Gasteiger charge is 2.11. The van der Waals surface area contributed by atoms with Gasteiger partial charge in [0.1, 0.15) is 5.76 Å². The highest BCUT2D eigenvalue weighted by Crippen LogP contribution is 2.13. The van der Waals surface area contributed by atoms with Crippen molar-refractivity contribution < 1.29 is 4.42 Å². The Kier molecular flexibility index (Phi) is 5.61. The lowest BCUT2D eigenvalue weighted by Crippen LogP contribution is -2.32. The molecule has 19 heavy (non-hydrogen) atoms. The fraction of sp³-hybridized carbons (Fsp3) is 0.533. The standard InChI is InChI=1S/C15H22N2OS/c1-3-8-16-13(6-7-15-5-4-9-18-15)10-14-11-19-12(2)17-14/h4-5,9,11,13,16H,3,6-8,10H2,1-2H3. The Bertz CT molecular complexity index is 464. The number of aryl methyl sites for hydroxylation is 2. The fourth-order valence-corrected chi connectivity index (χ4v) is 2.78. The zero-order valence-corrected chi connectivity index (χ0v) is 12.5. The molecule has 0 spiro atoms. The van der Waals surface area contributed by atoms with E-state index < -0.39 is 0 Å². The van der Waals surface area contributed by atoms with Gasteiger partial charge in [-0.15, -0.1) is 11.3 Å². The molecule has 0 radical (unpaired) electrons.